The van der Waals surface area contributed by atoms with Gasteiger partial charge in [0, 0.05) is 5.56 Å². The molecular weight excluding hydrogens is 298 g/mol. The van der Waals surface area contributed by atoms with E-state index in [2.05, 4.69) is 43.9 Å². The first-order valence-corrected chi connectivity index (χ1v) is 8.12. The van der Waals surface area contributed by atoms with Gasteiger partial charge in [0.15, 0.2) is 0 Å². The fourth-order valence-electron chi connectivity index (χ4n) is 2.33. The van der Waals surface area contributed by atoms with Crippen LogP contribution in [0.25, 0.3) is 0 Å². The smallest absolute Gasteiger partial charge is 0.251 e. The van der Waals surface area contributed by atoms with E-state index in [4.69, 9.17) is 4.74 Å². The Morgan fingerprint density at radius 3 is 2.58 bits per heavy atom. The molecule has 126 valence electrons. The number of hydrogen-bond acceptors (Lipinski definition) is 2. The Bertz CT molecular complexity index is 749. The molecule has 0 saturated carbocycles. The predicted molar refractivity (Wildman–Crippen MR) is 98.5 cm³/mol. The molecular formula is C21H25NO2. The molecule has 2 aromatic rings. The molecule has 0 aliphatic carbocycles. The van der Waals surface area contributed by atoms with Crippen molar-refractivity contribution in [3.63, 3.8) is 0 Å². The molecule has 0 radical (unpaired) electrons. The van der Waals surface area contributed by atoms with Gasteiger partial charge in [-0.05, 0) is 68.2 Å². The summed E-state index contributed by atoms with van der Waals surface area (Å²) in [6.07, 6.45) is 0. The molecule has 1 atom stereocenters. The molecule has 0 aliphatic rings. The van der Waals surface area contributed by atoms with Crippen LogP contribution in [0.15, 0.2) is 54.6 Å². The second-order valence-corrected chi connectivity index (χ2v) is 6.31. The van der Waals surface area contributed by atoms with Gasteiger partial charge in [-0.1, -0.05) is 30.8 Å². The van der Waals surface area contributed by atoms with Crippen molar-refractivity contribution in [1.82, 2.24) is 5.32 Å². The highest BCUT2D eigenvalue weighted by molar-refractivity contribution is 5.94. The number of rotatable bonds is 6. The van der Waals surface area contributed by atoms with Crippen LogP contribution in [-0.2, 0) is 0 Å². The highest BCUT2D eigenvalue weighted by Gasteiger charge is 2.12. The number of benzene rings is 2. The van der Waals surface area contributed by atoms with E-state index in [0.29, 0.717) is 17.9 Å². The molecule has 0 spiro atoms. The molecule has 0 saturated heterocycles. The van der Waals surface area contributed by atoms with Crippen LogP contribution in [0.4, 0.5) is 0 Å². The SMILES string of the molecule is C=C(C)COc1cccc(C(=O)NC(C)c2ccc(C)c(C)c2)c1. The van der Waals surface area contributed by atoms with Crippen LogP contribution >= 0.6 is 0 Å². The Labute approximate surface area is 144 Å². The van der Waals surface area contributed by atoms with Gasteiger partial charge < -0.3 is 10.1 Å². The summed E-state index contributed by atoms with van der Waals surface area (Å²) in [7, 11) is 0. The summed E-state index contributed by atoms with van der Waals surface area (Å²) in [6.45, 7) is 12.3. The first kappa shape index (κ1) is 17.8. The van der Waals surface area contributed by atoms with Crippen molar-refractivity contribution >= 4 is 5.91 Å². The number of carbonyl (C=O) groups is 1. The molecule has 0 bridgehead atoms. The number of nitrogens with one attached hydrogen (secondary N) is 1. The van der Waals surface area contributed by atoms with Crippen molar-refractivity contribution in [3.8, 4) is 5.75 Å². The Morgan fingerprint density at radius 1 is 1.17 bits per heavy atom. The lowest BCUT2D eigenvalue weighted by Crippen LogP contribution is -2.26. The van der Waals surface area contributed by atoms with Crippen LogP contribution < -0.4 is 10.1 Å². The quantitative estimate of drug-likeness (QED) is 0.779. The lowest BCUT2D eigenvalue weighted by molar-refractivity contribution is 0.0939. The van der Waals surface area contributed by atoms with Gasteiger partial charge >= 0.3 is 0 Å². The maximum atomic E-state index is 12.5. The highest BCUT2D eigenvalue weighted by Crippen LogP contribution is 2.19. The molecule has 3 heteroatoms. The summed E-state index contributed by atoms with van der Waals surface area (Å²) in [5.41, 5.74) is 5.10. The van der Waals surface area contributed by atoms with E-state index in [0.717, 1.165) is 11.1 Å². The van der Waals surface area contributed by atoms with Gasteiger partial charge in [0.1, 0.15) is 12.4 Å². The standard InChI is InChI=1S/C21H25NO2/c1-14(2)13-24-20-8-6-7-19(12-20)21(23)22-17(5)18-10-9-15(3)16(4)11-18/h6-12,17H,1,13H2,2-5H3,(H,22,23). The van der Waals surface area contributed by atoms with Crippen LogP contribution in [0.3, 0.4) is 0 Å². The third-order valence-corrected chi connectivity index (χ3v) is 3.96. The largest absolute Gasteiger partial charge is 0.489 e. The minimum atomic E-state index is -0.110. The maximum Gasteiger partial charge on any atom is 0.251 e. The normalized spacial score (nSPS) is 11.7. The fourth-order valence-corrected chi connectivity index (χ4v) is 2.33. The van der Waals surface area contributed by atoms with Gasteiger partial charge in [0.05, 0.1) is 6.04 Å². The van der Waals surface area contributed by atoms with E-state index in [1.165, 1.54) is 11.1 Å². The molecule has 2 aromatic carbocycles. The Morgan fingerprint density at radius 2 is 1.92 bits per heavy atom. The van der Waals surface area contributed by atoms with Crippen LogP contribution in [0.2, 0.25) is 0 Å². The number of aryl methyl sites for hydroxylation is 2. The van der Waals surface area contributed by atoms with Crippen LogP contribution in [0.1, 0.15) is 46.9 Å². The maximum absolute atomic E-state index is 12.5. The monoisotopic (exact) mass is 323 g/mol. The second kappa shape index (κ2) is 7.82. The molecule has 0 heterocycles. The summed E-state index contributed by atoms with van der Waals surface area (Å²) in [5, 5.41) is 3.04. The Kier molecular flexibility index (Phi) is 5.80. The number of hydrogen-bond donors (Lipinski definition) is 1. The van der Waals surface area contributed by atoms with Gasteiger partial charge in [-0.2, -0.15) is 0 Å². The lowest BCUT2D eigenvalue weighted by atomic mass is 10.0. The van der Waals surface area contributed by atoms with Crippen molar-refractivity contribution in [3.05, 3.63) is 76.9 Å². The van der Waals surface area contributed by atoms with E-state index in [9.17, 15) is 4.79 Å². The molecule has 1 unspecified atom stereocenters. The van der Waals surface area contributed by atoms with E-state index < -0.39 is 0 Å². The summed E-state index contributed by atoms with van der Waals surface area (Å²) in [6, 6.07) is 13.4. The predicted octanol–water partition coefficient (Wildman–Crippen LogP) is 4.75. The van der Waals surface area contributed by atoms with Gasteiger partial charge in [-0.3, -0.25) is 4.79 Å². The van der Waals surface area contributed by atoms with E-state index in [-0.39, 0.29) is 11.9 Å². The summed E-state index contributed by atoms with van der Waals surface area (Å²) < 4.78 is 5.60. The van der Waals surface area contributed by atoms with E-state index in [1.807, 2.05) is 26.0 Å². The van der Waals surface area contributed by atoms with Crippen molar-refractivity contribution in [2.75, 3.05) is 6.61 Å². The molecule has 3 nitrogen and oxygen atoms in total. The van der Waals surface area contributed by atoms with Gasteiger partial charge in [-0.15, -0.1) is 0 Å². The number of amides is 1. The molecule has 2 rings (SSSR count). The van der Waals surface area contributed by atoms with Crippen molar-refractivity contribution in [2.24, 2.45) is 0 Å². The average Bonchev–Trinajstić information content (AvgIpc) is 2.55. The molecule has 1 N–H and O–H groups in total. The summed E-state index contributed by atoms with van der Waals surface area (Å²) in [4.78, 5) is 12.5. The van der Waals surface area contributed by atoms with Gasteiger partial charge in [-0.25, -0.2) is 0 Å². The third-order valence-electron chi connectivity index (χ3n) is 3.96. The minimum Gasteiger partial charge on any atom is -0.489 e. The fraction of sp³-hybridized carbons (Fsp3) is 0.286. The zero-order valence-corrected chi connectivity index (χ0v) is 14.8. The zero-order valence-electron chi connectivity index (χ0n) is 14.8. The van der Waals surface area contributed by atoms with E-state index >= 15 is 0 Å². The topological polar surface area (TPSA) is 38.3 Å². The van der Waals surface area contributed by atoms with Gasteiger partial charge in [0.2, 0.25) is 0 Å². The third kappa shape index (κ3) is 4.72. The van der Waals surface area contributed by atoms with Crippen molar-refractivity contribution < 1.29 is 9.53 Å². The first-order valence-electron chi connectivity index (χ1n) is 8.12. The lowest BCUT2D eigenvalue weighted by Gasteiger charge is -2.16. The second-order valence-electron chi connectivity index (χ2n) is 6.31. The molecule has 24 heavy (non-hydrogen) atoms. The van der Waals surface area contributed by atoms with Gasteiger partial charge in [0.25, 0.3) is 5.91 Å². The number of carbonyl (C=O) groups excluding carboxylic acids is 1. The van der Waals surface area contributed by atoms with Crippen molar-refractivity contribution in [2.45, 2.75) is 33.7 Å². The average molecular weight is 323 g/mol. The Hall–Kier alpha value is -2.55. The summed E-state index contributed by atoms with van der Waals surface area (Å²) in [5.74, 6) is 0.561. The first-order chi connectivity index (χ1) is 11.4. The summed E-state index contributed by atoms with van der Waals surface area (Å²) >= 11 is 0. The zero-order chi connectivity index (χ0) is 17.7. The minimum absolute atomic E-state index is 0.0585. The highest BCUT2D eigenvalue weighted by atomic mass is 16.5. The Balaban J connectivity index is 2.07. The van der Waals surface area contributed by atoms with Crippen LogP contribution in [0.5, 0.6) is 5.75 Å². The number of ether oxygens (including phenoxy) is 1. The molecule has 0 aliphatic heterocycles. The van der Waals surface area contributed by atoms with E-state index in [1.54, 1.807) is 12.1 Å². The van der Waals surface area contributed by atoms with Crippen LogP contribution in [0, 0.1) is 13.8 Å². The molecule has 0 fully saturated rings. The molecule has 0 aromatic heterocycles. The van der Waals surface area contributed by atoms with Crippen LogP contribution in [-0.4, -0.2) is 12.5 Å². The van der Waals surface area contributed by atoms with Crippen molar-refractivity contribution in [1.29, 1.82) is 0 Å². The molecule has 1 amide bonds.